The average molecular weight is 280 g/mol. The maximum atomic E-state index is 5.79. The van der Waals surface area contributed by atoms with Gasteiger partial charge in [0.05, 0.1) is 11.7 Å². The maximum absolute atomic E-state index is 5.79. The molecule has 0 aliphatic heterocycles. The van der Waals surface area contributed by atoms with E-state index in [1.165, 1.54) is 0 Å². The lowest BCUT2D eigenvalue weighted by atomic mass is 10.0. The summed E-state index contributed by atoms with van der Waals surface area (Å²) in [5.41, 5.74) is 6.00. The van der Waals surface area contributed by atoms with Crippen molar-refractivity contribution in [2.24, 2.45) is 5.84 Å². The minimum absolute atomic E-state index is 0.00818. The minimum atomic E-state index is -0.00818. The Kier molecular flexibility index (Phi) is 4.52. The van der Waals surface area contributed by atoms with Crippen LogP contribution in [0.2, 0.25) is 5.15 Å². The van der Waals surface area contributed by atoms with Crippen LogP contribution in [-0.4, -0.2) is 14.8 Å². The predicted octanol–water partition coefficient (Wildman–Crippen LogP) is 2.01. The van der Waals surface area contributed by atoms with Gasteiger partial charge in [-0.25, -0.2) is 4.98 Å². The number of nitrogens with one attached hydrogen (secondary N) is 1. The second-order valence-corrected chi connectivity index (χ2v) is 4.82. The van der Waals surface area contributed by atoms with Crippen LogP contribution in [0.4, 0.5) is 0 Å². The first-order valence-electron chi connectivity index (χ1n) is 6.25. The standard InChI is InChI=1S/C13H18ClN5/c1-3-19-11(6-9(2)18-19)7-12(17-15)10-4-5-13(14)16-8-10/h4-6,8,12,17H,3,7,15H2,1-2H3. The Hall–Kier alpha value is -1.43. The SMILES string of the molecule is CCn1nc(C)cc1CC(NN)c1ccc(Cl)nc1. The van der Waals surface area contributed by atoms with Gasteiger partial charge in [-0.1, -0.05) is 17.7 Å². The zero-order valence-electron chi connectivity index (χ0n) is 11.1. The van der Waals surface area contributed by atoms with Gasteiger partial charge in [-0.15, -0.1) is 0 Å². The maximum Gasteiger partial charge on any atom is 0.129 e. The molecule has 0 fully saturated rings. The molecule has 102 valence electrons. The first kappa shape index (κ1) is 14.0. The molecule has 0 radical (unpaired) electrons. The fourth-order valence-electron chi connectivity index (χ4n) is 2.11. The Labute approximate surface area is 117 Å². The Balaban J connectivity index is 2.21. The Morgan fingerprint density at radius 1 is 1.47 bits per heavy atom. The van der Waals surface area contributed by atoms with Crippen LogP contribution in [-0.2, 0) is 13.0 Å². The lowest BCUT2D eigenvalue weighted by molar-refractivity contribution is 0.516. The summed E-state index contributed by atoms with van der Waals surface area (Å²) in [7, 11) is 0. The van der Waals surface area contributed by atoms with Crippen molar-refractivity contribution in [3.63, 3.8) is 0 Å². The molecule has 0 aliphatic carbocycles. The van der Waals surface area contributed by atoms with Crippen molar-refractivity contribution in [1.82, 2.24) is 20.2 Å². The van der Waals surface area contributed by atoms with Crippen molar-refractivity contribution in [1.29, 1.82) is 0 Å². The summed E-state index contributed by atoms with van der Waals surface area (Å²) in [6.45, 7) is 4.91. The molecule has 0 saturated carbocycles. The van der Waals surface area contributed by atoms with Gasteiger partial charge in [0.1, 0.15) is 5.15 Å². The summed E-state index contributed by atoms with van der Waals surface area (Å²) in [5, 5.41) is 4.92. The van der Waals surface area contributed by atoms with E-state index < -0.39 is 0 Å². The number of nitrogens with zero attached hydrogens (tertiary/aromatic N) is 3. The first-order valence-corrected chi connectivity index (χ1v) is 6.62. The summed E-state index contributed by atoms with van der Waals surface area (Å²) in [6.07, 6.45) is 2.50. The summed E-state index contributed by atoms with van der Waals surface area (Å²) < 4.78 is 1.99. The van der Waals surface area contributed by atoms with Crippen molar-refractivity contribution >= 4 is 11.6 Å². The normalized spacial score (nSPS) is 12.6. The number of hydrogen-bond acceptors (Lipinski definition) is 4. The molecule has 3 N–H and O–H groups in total. The van der Waals surface area contributed by atoms with Crippen LogP contribution in [0.1, 0.15) is 29.9 Å². The van der Waals surface area contributed by atoms with Crippen molar-refractivity contribution in [3.05, 3.63) is 46.5 Å². The van der Waals surface area contributed by atoms with Gasteiger partial charge in [0, 0.05) is 24.9 Å². The van der Waals surface area contributed by atoms with E-state index in [0.29, 0.717) is 5.15 Å². The number of aryl methyl sites for hydroxylation is 2. The lowest BCUT2D eigenvalue weighted by Crippen LogP contribution is -2.30. The van der Waals surface area contributed by atoms with Gasteiger partial charge < -0.3 is 0 Å². The van der Waals surface area contributed by atoms with Gasteiger partial charge in [0.25, 0.3) is 0 Å². The van der Waals surface area contributed by atoms with Gasteiger partial charge in [0.15, 0.2) is 0 Å². The van der Waals surface area contributed by atoms with Crippen LogP contribution in [0.25, 0.3) is 0 Å². The number of halogens is 1. The lowest BCUT2D eigenvalue weighted by Gasteiger charge is -2.16. The van der Waals surface area contributed by atoms with Crippen molar-refractivity contribution in [2.45, 2.75) is 32.9 Å². The fraction of sp³-hybridized carbons (Fsp3) is 0.385. The van der Waals surface area contributed by atoms with E-state index in [9.17, 15) is 0 Å². The fourth-order valence-corrected chi connectivity index (χ4v) is 2.22. The zero-order chi connectivity index (χ0) is 13.8. The third-order valence-corrected chi connectivity index (χ3v) is 3.28. The first-order chi connectivity index (χ1) is 9.13. The molecule has 0 amide bonds. The van der Waals surface area contributed by atoms with Gasteiger partial charge in [-0.05, 0) is 31.5 Å². The number of aromatic nitrogens is 3. The molecule has 0 saturated heterocycles. The largest absolute Gasteiger partial charge is 0.271 e. The highest BCUT2D eigenvalue weighted by Gasteiger charge is 2.14. The zero-order valence-corrected chi connectivity index (χ0v) is 11.9. The number of nitrogens with two attached hydrogens (primary N) is 1. The molecule has 0 aliphatic rings. The van der Waals surface area contributed by atoms with Crippen molar-refractivity contribution in [3.8, 4) is 0 Å². The molecular formula is C13H18ClN5. The van der Waals surface area contributed by atoms with Gasteiger partial charge in [0.2, 0.25) is 0 Å². The van der Waals surface area contributed by atoms with E-state index in [4.69, 9.17) is 17.4 Å². The molecule has 2 rings (SSSR count). The van der Waals surface area contributed by atoms with E-state index >= 15 is 0 Å². The topological polar surface area (TPSA) is 68.8 Å². The second-order valence-electron chi connectivity index (χ2n) is 4.43. The molecule has 2 heterocycles. The Bertz CT molecular complexity index is 534. The van der Waals surface area contributed by atoms with E-state index in [1.807, 2.05) is 17.7 Å². The van der Waals surface area contributed by atoms with E-state index in [2.05, 4.69) is 28.5 Å². The van der Waals surface area contributed by atoms with Gasteiger partial charge in [-0.2, -0.15) is 5.10 Å². The summed E-state index contributed by atoms with van der Waals surface area (Å²) in [4.78, 5) is 4.08. The molecule has 19 heavy (non-hydrogen) atoms. The molecule has 1 unspecified atom stereocenters. The van der Waals surface area contributed by atoms with Crippen molar-refractivity contribution in [2.75, 3.05) is 0 Å². The minimum Gasteiger partial charge on any atom is -0.271 e. The Morgan fingerprint density at radius 3 is 2.84 bits per heavy atom. The highest BCUT2D eigenvalue weighted by molar-refractivity contribution is 6.29. The van der Waals surface area contributed by atoms with Crippen LogP contribution in [0, 0.1) is 6.92 Å². The monoisotopic (exact) mass is 279 g/mol. The van der Waals surface area contributed by atoms with Crippen LogP contribution in [0.3, 0.4) is 0 Å². The molecule has 0 bridgehead atoms. The van der Waals surface area contributed by atoms with Crippen LogP contribution < -0.4 is 11.3 Å². The number of hydrazine groups is 1. The third-order valence-electron chi connectivity index (χ3n) is 3.05. The Morgan fingerprint density at radius 2 is 2.26 bits per heavy atom. The predicted molar refractivity (Wildman–Crippen MR) is 75.7 cm³/mol. The molecular weight excluding hydrogens is 262 g/mol. The molecule has 1 atom stereocenters. The van der Waals surface area contributed by atoms with E-state index in [-0.39, 0.29) is 6.04 Å². The number of pyridine rings is 1. The molecule has 2 aromatic rings. The highest BCUT2D eigenvalue weighted by atomic mass is 35.5. The molecule has 2 aromatic heterocycles. The molecule has 0 spiro atoms. The van der Waals surface area contributed by atoms with Gasteiger partial charge >= 0.3 is 0 Å². The summed E-state index contributed by atoms with van der Waals surface area (Å²) in [5.74, 6) is 5.65. The van der Waals surface area contributed by atoms with Crippen LogP contribution >= 0.6 is 11.6 Å². The van der Waals surface area contributed by atoms with Crippen LogP contribution in [0.15, 0.2) is 24.4 Å². The third kappa shape index (κ3) is 3.32. The molecule has 0 aromatic carbocycles. The average Bonchev–Trinajstić information content (AvgIpc) is 2.77. The summed E-state index contributed by atoms with van der Waals surface area (Å²) >= 11 is 5.79. The van der Waals surface area contributed by atoms with Crippen molar-refractivity contribution < 1.29 is 0 Å². The number of hydrogen-bond donors (Lipinski definition) is 2. The highest BCUT2D eigenvalue weighted by Crippen LogP contribution is 2.19. The molecule has 5 nitrogen and oxygen atoms in total. The quantitative estimate of drug-likeness (QED) is 0.499. The van der Waals surface area contributed by atoms with Gasteiger partial charge in [-0.3, -0.25) is 16.0 Å². The molecule has 6 heteroatoms. The summed E-state index contributed by atoms with van der Waals surface area (Å²) in [6, 6.07) is 5.77. The van der Waals surface area contributed by atoms with Crippen LogP contribution in [0.5, 0.6) is 0 Å². The van der Waals surface area contributed by atoms with E-state index in [0.717, 1.165) is 29.9 Å². The second kappa shape index (κ2) is 6.14. The number of rotatable bonds is 5. The van der Waals surface area contributed by atoms with E-state index in [1.54, 1.807) is 12.3 Å². The smallest absolute Gasteiger partial charge is 0.129 e.